The van der Waals surface area contributed by atoms with Gasteiger partial charge in [-0.05, 0) is 49.7 Å². The Kier molecular flexibility index (Phi) is 7.26. The zero-order valence-corrected chi connectivity index (χ0v) is 20.2. The van der Waals surface area contributed by atoms with E-state index in [1.807, 2.05) is 30.8 Å². The number of halogens is 2. The number of ether oxygens (including phenoxy) is 1. The van der Waals surface area contributed by atoms with E-state index in [0.29, 0.717) is 39.4 Å². The first-order valence-corrected chi connectivity index (χ1v) is 11.3. The Morgan fingerprint density at radius 1 is 1.17 bits per heavy atom. The molecule has 0 saturated carbocycles. The minimum atomic E-state index is -0.327. The van der Waals surface area contributed by atoms with E-state index in [4.69, 9.17) is 16.3 Å². The average Bonchev–Trinajstić information content (AvgIpc) is 3.35. The van der Waals surface area contributed by atoms with Crippen molar-refractivity contribution in [3.05, 3.63) is 82.9 Å². The Hall–Kier alpha value is -3.98. The smallest absolute Gasteiger partial charge is 0.255 e. The SMILES string of the molecule is COc1cc(Nc2ncc(Cl)c(-c3ccn(C(C)C)n3)n2)ccc1C(=O)NCc1ccc(F)cc1. The summed E-state index contributed by atoms with van der Waals surface area (Å²) in [5.74, 6) is 0.0471. The molecule has 0 atom stereocenters. The van der Waals surface area contributed by atoms with E-state index in [9.17, 15) is 9.18 Å². The highest BCUT2D eigenvalue weighted by molar-refractivity contribution is 6.32. The molecule has 0 spiro atoms. The molecule has 180 valence electrons. The molecule has 4 rings (SSSR count). The molecule has 8 nitrogen and oxygen atoms in total. The predicted octanol–water partition coefficient (Wildman–Crippen LogP) is 5.40. The fourth-order valence-electron chi connectivity index (χ4n) is 3.32. The second-order valence-corrected chi connectivity index (χ2v) is 8.42. The number of nitrogens with zero attached hydrogens (tertiary/aromatic N) is 4. The maximum absolute atomic E-state index is 13.1. The molecule has 2 heterocycles. The summed E-state index contributed by atoms with van der Waals surface area (Å²) < 4.78 is 20.3. The second kappa shape index (κ2) is 10.5. The number of amides is 1. The van der Waals surface area contributed by atoms with Crippen LogP contribution in [-0.2, 0) is 6.54 Å². The number of aromatic nitrogens is 4. The van der Waals surface area contributed by atoms with Gasteiger partial charge in [-0.2, -0.15) is 5.10 Å². The van der Waals surface area contributed by atoms with Crippen LogP contribution in [0.5, 0.6) is 5.75 Å². The molecule has 10 heteroatoms. The van der Waals surface area contributed by atoms with Crippen molar-refractivity contribution < 1.29 is 13.9 Å². The quantitative estimate of drug-likeness (QED) is 0.341. The molecule has 1 amide bonds. The molecular formula is C25H24ClFN6O2. The van der Waals surface area contributed by atoms with Crippen LogP contribution in [0.2, 0.25) is 5.02 Å². The number of hydrogen-bond donors (Lipinski definition) is 2. The van der Waals surface area contributed by atoms with Gasteiger partial charge in [-0.3, -0.25) is 9.48 Å². The van der Waals surface area contributed by atoms with Crippen LogP contribution in [0.15, 0.2) is 60.9 Å². The van der Waals surface area contributed by atoms with Gasteiger partial charge < -0.3 is 15.4 Å². The fourth-order valence-corrected chi connectivity index (χ4v) is 3.51. The van der Waals surface area contributed by atoms with Crippen LogP contribution in [0.4, 0.5) is 16.0 Å². The normalized spacial score (nSPS) is 10.9. The lowest BCUT2D eigenvalue weighted by Gasteiger charge is -2.12. The van der Waals surface area contributed by atoms with Crippen molar-refractivity contribution in [2.45, 2.75) is 26.4 Å². The van der Waals surface area contributed by atoms with E-state index in [1.54, 1.807) is 30.3 Å². The summed E-state index contributed by atoms with van der Waals surface area (Å²) in [5, 5.41) is 10.8. The molecule has 0 unspecified atom stereocenters. The summed E-state index contributed by atoms with van der Waals surface area (Å²) >= 11 is 6.32. The van der Waals surface area contributed by atoms with Gasteiger partial charge in [0, 0.05) is 30.5 Å². The Bertz CT molecular complexity index is 1340. The fraction of sp³-hybridized carbons (Fsp3) is 0.200. The molecule has 2 aromatic carbocycles. The molecule has 35 heavy (non-hydrogen) atoms. The van der Waals surface area contributed by atoms with E-state index in [-0.39, 0.29) is 24.3 Å². The number of nitrogens with one attached hydrogen (secondary N) is 2. The summed E-state index contributed by atoms with van der Waals surface area (Å²) in [5.41, 5.74) is 2.91. The van der Waals surface area contributed by atoms with E-state index in [1.165, 1.54) is 25.4 Å². The Morgan fingerprint density at radius 2 is 1.94 bits per heavy atom. The summed E-state index contributed by atoms with van der Waals surface area (Å²) in [7, 11) is 1.48. The third-order valence-electron chi connectivity index (χ3n) is 5.19. The van der Waals surface area contributed by atoms with Gasteiger partial charge >= 0.3 is 0 Å². The molecule has 2 N–H and O–H groups in total. The molecule has 0 bridgehead atoms. The second-order valence-electron chi connectivity index (χ2n) is 8.01. The van der Waals surface area contributed by atoms with Gasteiger partial charge in [0.05, 0.1) is 23.9 Å². The van der Waals surface area contributed by atoms with E-state index < -0.39 is 0 Å². The molecular weight excluding hydrogens is 471 g/mol. The Labute approximate surface area is 207 Å². The van der Waals surface area contributed by atoms with Crippen LogP contribution < -0.4 is 15.4 Å². The van der Waals surface area contributed by atoms with Gasteiger partial charge in [-0.25, -0.2) is 14.4 Å². The van der Waals surface area contributed by atoms with Crippen LogP contribution in [-0.4, -0.2) is 32.8 Å². The molecule has 0 saturated heterocycles. The molecule has 2 aromatic heterocycles. The molecule has 0 aliphatic heterocycles. The first-order chi connectivity index (χ1) is 16.8. The predicted molar refractivity (Wildman–Crippen MR) is 132 cm³/mol. The van der Waals surface area contributed by atoms with Crippen molar-refractivity contribution in [1.82, 2.24) is 25.1 Å². The lowest BCUT2D eigenvalue weighted by Crippen LogP contribution is -2.23. The van der Waals surface area contributed by atoms with Gasteiger partial charge in [-0.15, -0.1) is 0 Å². The summed E-state index contributed by atoms with van der Waals surface area (Å²) in [6.07, 6.45) is 3.38. The molecule has 0 radical (unpaired) electrons. The van der Waals surface area contributed by atoms with Crippen molar-refractivity contribution in [2.75, 3.05) is 12.4 Å². The highest BCUT2D eigenvalue weighted by Gasteiger charge is 2.15. The van der Waals surface area contributed by atoms with Crippen molar-refractivity contribution in [3.8, 4) is 17.1 Å². The van der Waals surface area contributed by atoms with E-state index >= 15 is 0 Å². The maximum Gasteiger partial charge on any atom is 0.255 e. The van der Waals surface area contributed by atoms with Crippen molar-refractivity contribution in [2.24, 2.45) is 0 Å². The lowest BCUT2D eigenvalue weighted by molar-refractivity contribution is 0.0948. The van der Waals surface area contributed by atoms with Gasteiger partial charge in [0.15, 0.2) is 0 Å². The number of hydrogen-bond acceptors (Lipinski definition) is 6. The topological polar surface area (TPSA) is 94.0 Å². The molecule has 0 aliphatic rings. The number of carbonyl (C=O) groups is 1. The largest absolute Gasteiger partial charge is 0.496 e. The first-order valence-electron chi connectivity index (χ1n) is 10.9. The molecule has 0 fully saturated rings. The van der Waals surface area contributed by atoms with Gasteiger partial charge in [0.1, 0.15) is 23.0 Å². The summed E-state index contributed by atoms with van der Waals surface area (Å²) in [6, 6.07) is 13.0. The van der Waals surface area contributed by atoms with Crippen LogP contribution in [0.25, 0.3) is 11.4 Å². The van der Waals surface area contributed by atoms with Crippen LogP contribution in [0, 0.1) is 5.82 Å². The number of anilines is 2. The van der Waals surface area contributed by atoms with Crippen LogP contribution in [0.3, 0.4) is 0 Å². The zero-order valence-electron chi connectivity index (χ0n) is 19.4. The average molecular weight is 495 g/mol. The number of methoxy groups -OCH3 is 1. The molecule has 4 aromatic rings. The Balaban J connectivity index is 1.50. The minimum Gasteiger partial charge on any atom is -0.496 e. The van der Waals surface area contributed by atoms with E-state index in [2.05, 4.69) is 25.7 Å². The van der Waals surface area contributed by atoms with Gasteiger partial charge in [0.2, 0.25) is 5.95 Å². The standard InChI is InChI=1S/C25H24ClFN6O2/c1-15(2)33-11-10-21(32-33)23-20(26)14-29-25(31-23)30-18-8-9-19(22(12-18)35-3)24(34)28-13-16-4-6-17(27)7-5-16/h4-12,14-15H,13H2,1-3H3,(H,28,34)(H,29,30,31). The number of carbonyl (C=O) groups excluding carboxylic acids is 1. The zero-order chi connectivity index (χ0) is 24.9. The van der Waals surface area contributed by atoms with Gasteiger partial charge in [0.25, 0.3) is 5.91 Å². The Morgan fingerprint density at radius 3 is 2.63 bits per heavy atom. The van der Waals surface area contributed by atoms with Crippen LogP contribution >= 0.6 is 11.6 Å². The monoisotopic (exact) mass is 494 g/mol. The summed E-state index contributed by atoms with van der Waals surface area (Å²) in [6.45, 7) is 4.33. The lowest BCUT2D eigenvalue weighted by atomic mass is 10.1. The summed E-state index contributed by atoms with van der Waals surface area (Å²) in [4.78, 5) is 21.5. The number of rotatable bonds is 8. The first kappa shape index (κ1) is 24.2. The third-order valence-corrected chi connectivity index (χ3v) is 5.47. The highest BCUT2D eigenvalue weighted by Crippen LogP contribution is 2.28. The van der Waals surface area contributed by atoms with Crippen molar-refractivity contribution in [1.29, 1.82) is 0 Å². The number of benzene rings is 2. The third kappa shape index (κ3) is 5.75. The maximum atomic E-state index is 13.1. The van der Waals surface area contributed by atoms with Crippen molar-refractivity contribution >= 4 is 29.1 Å². The van der Waals surface area contributed by atoms with E-state index in [0.717, 1.165) is 5.56 Å². The van der Waals surface area contributed by atoms with Crippen LogP contribution in [0.1, 0.15) is 35.8 Å². The minimum absolute atomic E-state index is 0.209. The van der Waals surface area contributed by atoms with Gasteiger partial charge in [-0.1, -0.05) is 23.7 Å². The highest BCUT2D eigenvalue weighted by atomic mass is 35.5. The van der Waals surface area contributed by atoms with Crippen molar-refractivity contribution in [3.63, 3.8) is 0 Å². The molecule has 0 aliphatic carbocycles.